The van der Waals surface area contributed by atoms with Crippen molar-refractivity contribution < 1.29 is 9.53 Å². The van der Waals surface area contributed by atoms with Gasteiger partial charge in [0, 0.05) is 9.86 Å². The molecule has 0 saturated carbocycles. The van der Waals surface area contributed by atoms with Gasteiger partial charge in [-0.25, -0.2) is 4.79 Å². The number of methoxy groups -OCH3 is 1. The maximum Gasteiger partial charge on any atom is 0.338 e. The average Bonchev–Trinajstić information content (AvgIpc) is 2.32. The van der Waals surface area contributed by atoms with Crippen molar-refractivity contribution in [1.29, 1.82) is 0 Å². The number of hydrogen-bond acceptors (Lipinski definition) is 2. The molecule has 0 bridgehead atoms. The van der Waals surface area contributed by atoms with Gasteiger partial charge in [0.25, 0.3) is 0 Å². The lowest BCUT2D eigenvalue weighted by Crippen LogP contribution is -2.02. The highest BCUT2D eigenvalue weighted by Gasteiger charge is 2.13. The highest BCUT2D eigenvalue weighted by molar-refractivity contribution is 9.10. The topological polar surface area (TPSA) is 26.3 Å². The second-order valence-corrected chi connectivity index (χ2v) is 4.38. The Morgan fingerprint density at radius 1 is 1.25 bits per heavy atom. The molecule has 0 aliphatic heterocycles. The molecule has 0 N–H and O–H groups in total. The maximum atomic E-state index is 11.6. The van der Waals surface area contributed by atoms with E-state index in [9.17, 15) is 4.79 Å². The van der Waals surface area contributed by atoms with E-state index in [1.54, 1.807) is 6.07 Å². The summed E-state index contributed by atoms with van der Waals surface area (Å²) in [6, 6.07) is 9.63. The molecule has 82 valence electrons. The van der Waals surface area contributed by atoms with Gasteiger partial charge < -0.3 is 4.74 Å². The van der Waals surface area contributed by atoms with Gasteiger partial charge in [0.05, 0.1) is 12.7 Å². The van der Waals surface area contributed by atoms with Gasteiger partial charge in [0.2, 0.25) is 0 Å². The lowest BCUT2D eigenvalue weighted by Gasteiger charge is -2.08. The number of rotatable bonds is 1. The first-order valence-electron chi connectivity index (χ1n) is 4.91. The van der Waals surface area contributed by atoms with Crippen molar-refractivity contribution >= 4 is 32.7 Å². The van der Waals surface area contributed by atoms with Crippen molar-refractivity contribution in [3.05, 3.63) is 45.9 Å². The van der Waals surface area contributed by atoms with Crippen molar-refractivity contribution in [1.82, 2.24) is 0 Å². The smallest absolute Gasteiger partial charge is 0.338 e. The molecule has 0 aromatic heterocycles. The molecule has 3 heteroatoms. The second-order valence-electron chi connectivity index (χ2n) is 3.59. The minimum absolute atomic E-state index is 0.308. The number of hydrogen-bond donors (Lipinski definition) is 0. The minimum Gasteiger partial charge on any atom is -0.465 e. The summed E-state index contributed by atoms with van der Waals surface area (Å²) in [5.74, 6) is -0.308. The van der Waals surface area contributed by atoms with E-state index in [1.165, 1.54) is 7.11 Å². The number of halogens is 1. The number of aryl methyl sites for hydroxylation is 1. The first-order valence-corrected chi connectivity index (χ1v) is 5.70. The van der Waals surface area contributed by atoms with Crippen LogP contribution in [0, 0.1) is 6.92 Å². The molecule has 2 aromatic rings. The van der Waals surface area contributed by atoms with Crippen LogP contribution >= 0.6 is 15.9 Å². The van der Waals surface area contributed by atoms with Crippen molar-refractivity contribution in [3.63, 3.8) is 0 Å². The summed E-state index contributed by atoms with van der Waals surface area (Å²) in [6.07, 6.45) is 0. The molecule has 0 spiro atoms. The van der Waals surface area contributed by atoms with E-state index in [4.69, 9.17) is 4.74 Å². The molecule has 0 aliphatic carbocycles. The van der Waals surface area contributed by atoms with Crippen LogP contribution in [0.25, 0.3) is 10.8 Å². The number of ether oxygens (including phenoxy) is 1. The average molecular weight is 279 g/mol. The van der Waals surface area contributed by atoms with Crippen LogP contribution in [0.1, 0.15) is 15.9 Å². The fraction of sp³-hybridized carbons (Fsp3) is 0.154. The third-order valence-electron chi connectivity index (χ3n) is 2.58. The van der Waals surface area contributed by atoms with Gasteiger partial charge in [-0.2, -0.15) is 0 Å². The molecule has 0 aliphatic rings. The fourth-order valence-electron chi connectivity index (χ4n) is 1.72. The van der Waals surface area contributed by atoms with E-state index in [0.29, 0.717) is 5.56 Å². The van der Waals surface area contributed by atoms with Crippen LogP contribution in [0.4, 0.5) is 0 Å². The Labute approximate surface area is 102 Å². The van der Waals surface area contributed by atoms with E-state index in [2.05, 4.69) is 15.9 Å². The zero-order valence-corrected chi connectivity index (χ0v) is 10.7. The Bertz CT molecular complexity index is 561. The van der Waals surface area contributed by atoms with E-state index < -0.39 is 0 Å². The molecule has 0 saturated heterocycles. The molecule has 0 fully saturated rings. The van der Waals surface area contributed by atoms with Gasteiger partial charge in [0.1, 0.15) is 0 Å². The molecule has 2 rings (SSSR count). The van der Waals surface area contributed by atoms with Crippen molar-refractivity contribution in [3.8, 4) is 0 Å². The van der Waals surface area contributed by atoms with Gasteiger partial charge in [-0.15, -0.1) is 0 Å². The monoisotopic (exact) mass is 278 g/mol. The Morgan fingerprint density at radius 2 is 2.00 bits per heavy atom. The molecule has 0 unspecified atom stereocenters. The van der Waals surface area contributed by atoms with Crippen LogP contribution in [-0.4, -0.2) is 13.1 Å². The van der Waals surface area contributed by atoms with E-state index >= 15 is 0 Å². The molecular formula is C13H11BrO2. The molecule has 2 nitrogen and oxygen atoms in total. The number of benzene rings is 2. The Hall–Kier alpha value is -1.35. The number of carbonyl (C=O) groups is 1. The van der Waals surface area contributed by atoms with E-state index in [1.807, 2.05) is 31.2 Å². The molecule has 0 amide bonds. The zero-order valence-electron chi connectivity index (χ0n) is 9.08. The quantitative estimate of drug-likeness (QED) is 0.744. The summed E-state index contributed by atoms with van der Waals surface area (Å²) in [7, 11) is 1.39. The molecule has 16 heavy (non-hydrogen) atoms. The van der Waals surface area contributed by atoms with Crippen LogP contribution < -0.4 is 0 Å². The maximum absolute atomic E-state index is 11.6. The number of esters is 1. The van der Waals surface area contributed by atoms with Crippen molar-refractivity contribution in [2.24, 2.45) is 0 Å². The van der Waals surface area contributed by atoms with Crippen LogP contribution in [0.3, 0.4) is 0 Å². The Kier molecular flexibility index (Phi) is 2.97. The Balaban J connectivity index is 2.84. The highest BCUT2D eigenvalue weighted by atomic mass is 79.9. The van der Waals surface area contributed by atoms with Crippen molar-refractivity contribution in [2.75, 3.05) is 7.11 Å². The summed E-state index contributed by atoms with van der Waals surface area (Å²) in [5.41, 5.74) is 1.69. The predicted octanol–water partition coefficient (Wildman–Crippen LogP) is 3.70. The number of carbonyl (C=O) groups excluding carboxylic acids is 1. The number of fused-ring (bicyclic) bond motifs is 1. The van der Waals surface area contributed by atoms with Crippen LogP contribution in [-0.2, 0) is 4.74 Å². The van der Waals surface area contributed by atoms with Crippen LogP contribution in [0.2, 0.25) is 0 Å². The highest BCUT2D eigenvalue weighted by Crippen LogP contribution is 2.30. The third kappa shape index (κ3) is 1.71. The van der Waals surface area contributed by atoms with Gasteiger partial charge in [-0.05, 0) is 39.9 Å². The molecule has 0 radical (unpaired) electrons. The van der Waals surface area contributed by atoms with Crippen LogP contribution in [0.15, 0.2) is 34.8 Å². The summed E-state index contributed by atoms with van der Waals surface area (Å²) in [5, 5.41) is 1.94. The minimum atomic E-state index is -0.308. The first kappa shape index (κ1) is 11.1. The zero-order chi connectivity index (χ0) is 11.7. The van der Waals surface area contributed by atoms with Gasteiger partial charge >= 0.3 is 5.97 Å². The standard InChI is InChI=1S/C13H11BrO2/c1-8-6-7-9-4-3-5-10(13(15)16-2)11(9)12(8)14/h3-7H,1-2H3. The van der Waals surface area contributed by atoms with E-state index in [0.717, 1.165) is 20.8 Å². The third-order valence-corrected chi connectivity index (χ3v) is 3.60. The van der Waals surface area contributed by atoms with Crippen LogP contribution in [0.5, 0.6) is 0 Å². The molecule has 0 atom stereocenters. The van der Waals surface area contributed by atoms with Crippen molar-refractivity contribution in [2.45, 2.75) is 6.92 Å². The summed E-state index contributed by atoms with van der Waals surface area (Å²) < 4.78 is 5.73. The molecule has 0 heterocycles. The van der Waals surface area contributed by atoms with Gasteiger partial charge in [0.15, 0.2) is 0 Å². The first-order chi connectivity index (χ1) is 7.65. The lowest BCUT2D eigenvalue weighted by atomic mass is 10.0. The second kappa shape index (κ2) is 4.26. The van der Waals surface area contributed by atoms with E-state index in [-0.39, 0.29) is 5.97 Å². The largest absolute Gasteiger partial charge is 0.465 e. The summed E-state index contributed by atoms with van der Waals surface area (Å²) >= 11 is 3.52. The predicted molar refractivity (Wildman–Crippen MR) is 67.7 cm³/mol. The normalized spacial score (nSPS) is 10.4. The molecule has 2 aromatic carbocycles. The Morgan fingerprint density at radius 3 is 2.69 bits per heavy atom. The van der Waals surface area contributed by atoms with Gasteiger partial charge in [-0.1, -0.05) is 24.3 Å². The van der Waals surface area contributed by atoms with Gasteiger partial charge in [-0.3, -0.25) is 0 Å². The lowest BCUT2D eigenvalue weighted by molar-refractivity contribution is 0.0603. The SMILES string of the molecule is COC(=O)c1cccc2ccc(C)c(Br)c12. The molecular weight excluding hydrogens is 268 g/mol. The summed E-state index contributed by atoms with van der Waals surface area (Å²) in [6.45, 7) is 2.00. The summed E-state index contributed by atoms with van der Waals surface area (Å²) in [4.78, 5) is 11.6. The fourth-order valence-corrected chi connectivity index (χ4v) is 2.29.